The van der Waals surface area contributed by atoms with E-state index >= 15 is 0 Å². The van der Waals surface area contributed by atoms with Crippen LogP contribution in [-0.4, -0.2) is 50.6 Å². The minimum absolute atomic E-state index is 0.0832. The van der Waals surface area contributed by atoms with Crippen molar-refractivity contribution in [3.8, 4) is 5.69 Å². The van der Waals surface area contributed by atoms with Crippen LogP contribution in [-0.2, 0) is 22.7 Å². The Morgan fingerprint density at radius 2 is 2.14 bits per heavy atom. The number of rotatable bonds is 7. The number of hydrogen-bond donors (Lipinski definition) is 2. The molecule has 1 aromatic carbocycles. The van der Waals surface area contributed by atoms with Gasteiger partial charge in [-0.05, 0) is 29.1 Å². The summed E-state index contributed by atoms with van der Waals surface area (Å²) in [5, 5.41) is 11.9. The summed E-state index contributed by atoms with van der Waals surface area (Å²) in [7, 11) is 0. The van der Waals surface area contributed by atoms with Gasteiger partial charge in [0.1, 0.15) is 12.7 Å². The van der Waals surface area contributed by atoms with Crippen LogP contribution in [0.1, 0.15) is 16.9 Å². The van der Waals surface area contributed by atoms with E-state index in [0.29, 0.717) is 19.6 Å². The first-order chi connectivity index (χ1) is 14.2. The summed E-state index contributed by atoms with van der Waals surface area (Å²) in [4.78, 5) is 32.0. The second-order valence-corrected chi connectivity index (χ2v) is 7.88. The zero-order chi connectivity index (χ0) is 20.1. The molecule has 0 aliphatic carbocycles. The van der Waals surface area contributed by atoms with Crippen LogP contribution in [0.2, 0.25) is 0 Å². The van der Waals surface area contributed by atoms with E-state index in [1.165, 1.54) is 11.2 Å². The minimum Gasteiger partial charge on any atom is -0.353 e. The van der Waals surface area contributed by atoms with Crippen LogP contribution in [0.3, 0.4) is 0 Å². The van der Waals surface area contributed by atoms with E-state index in [1.807, 2.05) is 35.7 Å². The second-order valence-electron chi connectivity index (χ2n) is 6.84. The van der Waals surface area contributed by atoms with Crippen molar-refractivity contribution >= 4 is 23.2 Å². The maximum atomic E-state index is 12.5. The smallest absolute Gasteiger partial charge is 0.237 e. The summed E-state index contributed by atoms with van der Waals surface area (Å²) in [5.41, 5.74) is 1.88. The van der Waals surface area contributed by atoms with Gasteiger partial charge in [-0.2, -0.15) is 5.10 Å². The predicted molar refractivity (Wildman–Crippen MR) is 109 cm³/mol. The van der Waals surface area contributed by atoms with Gasteiger partial charge in [0.15, 0.2) is 0 Å². The molecule has 1 aliphatic heterocycles. The fourth-order valence-corrected chi connectivity index (χ4v) is 4.06. The molecule has 4 rings (SSSR count). The monoisotopic (exact) mass is 410 g/mol. The second kappa shape index (κ2) is 8.97. The molecule has 2 N–H and O–H groups in total. The molecule has 0 radical (unpaired) electrons. The summed E-state index contributed by atoms with van der Waals surface area (Å²) in [6, 6.07) is 11.3. The molecular weight excluding hydrogens is 388 g/mol. The van der Waals surface area contributed by atoms with Crippen LogP contribution >= 0.6 is 11.3 Å². The highest BCUT2D eigenvalue weighted by molar-refractivity contribution is 7.09. The van der Waals surface area contributed by atoms with Crippen molar-refractivity contribution in [2.24, 2.45) is 0 Å². The number of amides is 2. The van der Waals surface area contributed by atoms with Crippen LogP contribution in [0.5, 0.6) is 0 Å². The zero-order valence-corrected chi connectivity index (χ0v) is 16.6. The third kappa shape index (κ3) is 4.87. The number of hydrogen-bond acceptors (Lipinski definition) is 6. The van der Waals surface area contributed by atoms with Gasteiger partial charge < -0.3 is 10.6 Å². The topological polar surface area (TPSA) is 92.2 Å². The first kappa shape index (κ1) is 19.3. The van der Waals surface area contributed by atoms with Gasteiger partial charge in [-0.3, -0.25) is 14.5 Å². The fraction of sp³-hybridized carbons (Fsp3) is 0.300. The number of piperazine rings is 1. The molecule has 1 fully saturated rings. The van der Waals surface area contributed by atoms with E-state index in [0.717, 1.165) is 17.8 Å². The Morgan fingerprint density at radius 3 is 2.86 bits per heavy atom. The van der Waals surface area contributed by atoms with E-state index in [-0.39, 0.29) is 18.2 Å². The van der Waals surface area contributed by atoms with Gasteiger partial charge in [0, 0.05) is 31.1 Å². The summed E-state index contributed by atoms with van der Waals surface area (Å²) >= 11 is 1.66. The van der Waals surface area contributed by atoms with Crippen molar-refractivity contribution in [3.63, 3.8) is 0 Å². The molecule has 0 bridgehead atoms. The van der Waals surface area contributed by atoms with E-state index in [4.69, 9.17) is 0 Å². The van der Waals surface area contributed by atoms with Crippen molar-refractivity contribution in [1.82, 2.24) is 30.3 Å². The number of carbonyl (C=O) groups excluding carboxylic acids is 2. The van der Waals surface area contributed by atoms with Crippen molar-refractivity contribution in [3.05, 3.63) is 64.9 Å². The molecule has 3 aromatic rings. The Kier molecular flexibility index (Phi) is 5.97. The predicted octanol–water partition coefficient (Wildman–Crippen LogP) is 1.34. The van der Waals surface area contributed by atoms with E-state index in [1.54, 1.807) is 22.3 Å². The highest BCUT2D eigenvalue weighted by atomic mass is 32.1. The van der Waals surface area contributed by atoms with Gasteiger partial charge in [-0.15, -0.1) is 11.3 Å². The molecule has 0 unspecified atom stereocenters. The van der Waals surface area contributed by atoms with Gasteiger partial charge in [-0.1, -0.05) is 18.2 Å². The molecule has 8 nitrogen and oxygen atoms in total. The quantitative estimate of drug-likeness (QED) is 0.613. The zero-order valence-electron chi connectivity index (χ0n) is 15.8. The molecule has 2 amide bonds. The molecule has 1 saturated heterocycles. The van der Waals surface area contributed by atoms with Gasteiger partial charge in [0.2, 0.25) is 11.8 Å². The number of carbonyl (C=O) groups is 2. The molecule has 1 atom stereocenters. The third-order valence-corrected chi connectivity index (χ3v) is 5.73. The largest absolute Gasteiger partial charge is 0.353 e. The summed E-state index contributed by atoms with van der Waals surface area (Å²) < 4.78 is 1.67. The molecular formula is C20H22N6O2S. The molecule has 0 saturated carbocycles. The Morgan fingerprint density at radius 1 is 1.28 bits per heavy atom. The van der Waals surface area contributed by atoms with Gasteiger partial charge in [-0.25, -0.2) is 9.67 Å². The molecule has 150 valence electrons. The van der Waals surface area contributed by atoms with Gasteiger partial charge in [0.05, 0.1) is 18.2 Å². The van der Waals surface area contributed by atoms with Crippen LogP contribution in [0.4, 0.5) is 0 Å². The van der Waals surface area contributed by atoms with Crippen molar-refractivity contribution < 1.29 is 9.59 Å². The highest BCUT2D eigenvalue weighted by Gasteiger charge is 2.31. The lowest BCUT2D eigenvalue weighted by atomic mass is 10.1. The Balaban J connectivity index is 1.32. The lowest BCUT2D eigenvalue weighted by Gasteiger charge is -2.34. The van der Waals surface area contributed by atoms with Crippen molar-refractivity contribution in [2.75, 3.05) is 13.1 Å². The first-order valence-corrected chi connectivity index (χ1v) is 10.3. The Labute approximate surface area is 172 Å². The third-order valence-electron chi connectivity index (χ3n) is 4.87. The highest BCUT2D eigenvalue weighted by Crippen LogP contribution is 2.17. The molecule has 3 heterocycles. The number of thiophene rings is 1. The summed E-state index contributed by atoms with van der Waals surface area (Å²) in [5.74, 6) is -0.219. The van der Waals surface area contributed by atoms with Gasteiger partial charge in [0.25, 0.3) is 0 Å². The maximum absolute atomic E-state index is 12.5. The van der Waals surface area contributed by atoms with Crippen LogP contribution in [0.15, 0.2) is 54.4 Å². The molecule has 0 spiro atoms. The van der Waals surface area contributed by atoms with E-state index < -0.39 is 6.04 Å². The Bertz CT molecular complexity index is 940. The summed E-state index contributed by atoms with van der Waals surface area (Å²) in [6.07, 6.45) is 3.26. The van der Waals surface area contributed by atoms with E-state index in [9.17, 15) is 9.59 Å². The van der Waals surface area contributed by atoms with Gasteiger partial charge >= 0.3 is 0 Å². The van der Waals surface area contributed by atoms with Crippen molar-refractivity contribution in [1.29, 1.82) is 0 Å². The minimum atomic E-state index is -0.444. The SMILES string of the molecule is O=C(C[C@@H]1C(=O)NCCN1Cc1cccs1)NCc1ccc(-n2cncn2)cc1. The normalized spacial score (nSPS) is 17.1. The standard InChI is InChI=1S/C20H22N6O2S/c27-19(23-11-15-3-5-16(6-4-15)26-14-21-13-24-26)10-18-20(28)22-7-8-25(18)12-17-2-1-9-29-17/h1-6,9,13-14,18H,7-8,10-12H2,(H,22,28)(H,23,27)/t18-/m1/s1. The molecule has 9 heteroatoms. The number of benzene rings is 1. The number of nitrogens with one attached hydrogen (secondary N) is 2. The molecule has 1 aliphatic rings. The molecule has 29 heavy (non-hydrogen) atoms. The number of nitrogens with zero attached hydrogens (tertiary/aromatic N) is 4. The Hall–Kier alpha value is -3.04. The van der Waals surface area contributed by atoms with E-state index in [2.05, 4.69) is 31.7 Å². The van der Waals surface area contributed by atoms with Crippen LogP contribution in [0, 0.1) is 0 Å². The maximum Gasteiger partial charge on any atom is 0.237 e. The summed E-state index contributed by atoms with van der Waals surface area (Å²) in [6.45, 7) is 2.45. The molecule has 2 aromatic heterocycles. The van der Waals surface area contributed by atoms with Crippen molar-refractivity contribution in [2.45, 2.75) is 25.6 Å². The lowest BCUT2D eigenvalue weighted by Crippen LogP contribution is -2.56. The lowest BCUT2D eigenvalue weighted by molar-refractivity contribution is -0.134. The van der Waals surface area contributed by atoms with Crippen LogP contribution < -0.4 is 10.6 Å². The van der Waals surface area contributed by atoms with Crippen LogP contribution in [0.25, 0.3) is 5.69 Å². The average Bonchev–Trinajstić information content (AvgIpc) is 3.44. The first-order valence-electron chi connectivity index (χ1n) is 9.44. The fourth-order valence-electron chi connectivity index (χ4n) is 3.33. The number of aromatic nitrogens is 3. The average molecular weight is 411 g/mol.